The number of nitrogens with zero attached hydrogens (tertiary/aromatic N) is 1. The molecule has 16 heavy (non-hydrogen) atoms. The second-order valence-electron chi connectivity index (χ2n) is 3.05. The van der Waals surface area contributed by atoms with Gasteiger partial charge in [-0.1, -0.05) is 0 Å². The Bertz CT molecular complexity index is 468. The number of phenolic OH excluding ortho intramolecular Hbond substituents is 1. The maximum atomic E-state index is 10.9. The second kappa shape index (κ2) is 4.31. The number of hydroxylamine groups is 1. The monoisotopic (exact) mass is 291 g/mol. The van der Waals surface area contributed by atoms with Crippen molar-refractivity contribution < 1.29 is 27.0 Å². The molecule has 8 heteroatoms. The molecule has 88 valence electrons. The summed E-state index contributed by atoms with van der Waals surface area (Å²) in [5, 5.41) is 18.8. The summed E-state index contributed by atoms with van der Waals surface area (Å²) >= 11 is -5.18. The number of aromatic hydroxyl groups is 1. The third-order valence-corrected chi connectivity index (χ3v) is 3.93. The van der Waals surface area contributed by atoms with E-state index in [1.165, 1.54) is 0 Å². The van der Waals surface area contributed by atoms with Crippen molar-refractivity contribution in [2.45, 2.75) is 6.92 Å². The Labute approximate surface area is 93.5 Å². The number of amides is 1. The molecule has 0 spiro atoms. The van der Waals surface area contributed by atoms with Crippen molar-refractivity contribution in [3.63, 3.8) is 0 Å². The number of benzene rings is 1. The average Bonchev–Trinajstić information content (AvgIpc) is 2.14. The molecule has 7 nitrogen and oxygen atoms in total. The van der Waals surface area contributed by atoms with Crippen LogP contribution in [0.2, 0.25) is 0 Å². The molecule has 0 fully saturated rings. The van der Waals surface area contributed by atoms with E-state index in [2.05, 4.69) is 0 Å². The zero-order chi connectivity index (χ0) is 12.5. The summed E-state index contributed by atoms with van der Waals surface area (Å²) in [7, 11) is 0. The minimum absolute atomic E-state index is 0.0716. The van der Waals surface area contributed by atoms with E-state index in [1.807, 2.05) is 0 Å². The van der Waals surface area contributed by atoms with Gasteiger partial charge in [-0.25, -0.2) is 0 Å². The molecule has 0 bridgehead atoms. The van der Waals surface area contributed by atoms with Crippen molar-refractivity contribution >= 4 is 30.1 Å². The fourth-order valence-corrected chi connectivity index (χ4v) is 2.40. The van der Waals surface area contributed by atoms with E-state index < -0.39 is 30.2 Å². The van der Waals surface area contributed by atoms with Crippen LogP contribution in [0.5, 0.6) is 5.75 Å². The van der Waals surface area contributed by atoms with Crippen LogP contribution in [0.15, 0.2) is 18.2 Å². The predicted octanol–water partition coefficient (Wildman–Crippen LogP) is -1.30. The first-order chi connectivity index (χ1) is 7.23. The van der Waals surface area contributed by atoms with E-state index in [0.29, 0.717) is 0 Å². The van der Waals surface area contributed by atoms with Crippen LogP contribution >= 0.6 is 0 Å². The van der Waals surface area contributed by atoms with E-state index in [0.717, 1.165) is 25.1 Å². The molecule has 0 aliphatic rings. The Kier molecular flexibility index (Phi) is 3.44. The van der Waals surface area contributed by atoms with Gasteiger partial charge in [0, 0.05) is 0 Å². The van der Waals surface area contributed by atoms with E-state index in [-0.39, 0.29) is 10.8 Å². The first-order valence-corrected chi connectivity index (χ1v) is 7.50. The summed E-state index contributed by atoms with van der Waals surface area (Å²) in [5.74, 6) is -1.35. The topological polar surface area (TPSA) is 118 Å². The Morgan fingerprint density at radius 3 is 2.31 bits per heavy atom. The Hall–Kier alpha value is -1.27. The van der Waals surface area contributed by atoms with Crippen LogP contribution in [0.1, 0.15) is 6.92 Å². The van der Waals surface area contributed by atoms with Crippen molar-refractivity contribution in [2.24, 2.45) is 0 Å². The summed E-state index contributed by atoms with van der Waals surface area (Å²) in [6.45, 7) is 1.10. The molecule has 0 radical (unpaired) electrons. The number of carbonyl (C=O) groups is 1. The summed E-state index contributed by atoms with van der Waals surface area (Å²) < 4.78 is 28.2. The number of hydrogen-bond donors (Lipinski definition) is 4. The van der Waals surface area contributed by atoms with Gasteiger partial charge in [0.05, 0.1) is 0 Å². The molecule has 0 aromatic heterocycles. The standard InChI is InChI=1S/C8H10AsNO6/c1-5(11)10(16)6-2-3-7(8(12)4-6)9(13,14)15/h2-4,12,16H,1H3,(H2,13,14,15). The first-order valence-electron chi connectivity index (χ1n) is 4.12. The number of hydrogen-bond acceptors (Lipinski definition) is 4. The molecule has 0 heterocycles. The molecular weight excluding hydrogens is 281 g/mol. The quantitative estimate of drug-likeness (QED) is 0.305. The number of rotatable bonds is 2. The van der Waals surface area contributed by atoms with Crippen molar-refractivity contribution in [2.75, 3.05) is 5.06 Å². The van der Waals surface area contributed by atoms with Gasteiger partial charge >= 0.3 is 93.1 Å². The van der Waals surface area contributed by atoms with Crippen molar-refractivity contribution in [1.82, 2.24) is 0 Å². The Morgan fingerprint density at radius 2 is 1.94 bits per heavy atom. The van der Waals surface area contributed by atoms with Crippen LogP contribution in [0.4, 0.5) is 5.69 Å². The van der Waals surface area contributed by atoms with Gasteiger partial charge in [0.25, 0.3) is 0 Å². The van der Waals surface area contributed by atoms with E-state index in [1.54, 1.807) is 0 Å². The second-order valence-corrected chi connectivity index (χ2v) is 6.34. The predicted molar refractivity (Wildman–Crippen MR) is 53.6 cm³/mol. The van der Waals surface area contributed by atoms with Crippen molar-refractivity contribution in [3.8, 4) is 5.75 Å². The fraction of sp³-hybridized carbons (Fsp3) is 0.125. The fourth-order valence-electron chi connectivity index (χ4n) is 1.07. The van der Waals surface area contributed by atoms with Crippen LogP contribution < -0.4 is 9.41 Å². The normalized spacial score (nSPS) is 11.2. The third kappa shape index (κ3) is 2.65. The molecule has 0 saturated heterocycles. The summed E-state index contributed by atoms with van der Waals surface area (Å²) in [4.78, 5) is 10.8. The van der Waals surface area contributed by atoms with Gasteiger partial charge in [-0.05, 0) is 0 Å². The van der Waals surface area contributed by atoms with Crippen LogP contribution in [-0.2, 0) is 8.53 Å². The Balaban J connectivity index is 3.19. The third-order valence-electron chi connectivity index (χ3n) is 1.82. The zero-order valence-electron chi connectivity index (χ0n) is 8.23. The molecule has 1 rings (SSSR count). The molecule has 0 atom stereocenters. The van der Waals surface area contributed by atoms with Crippen molar-refractivity contribution in [1.29, 1.82) is 0 Å². The molecule has 1 aromatic rings. The van der Waals surface area contributed by atoms with Crippen LogP contribution in [-0.4, -0.2) is 38.6 Å². The number of carbonyl (C=O) groups excluding carboxylic acids is 1. The van der Waals surface area contributed by atoms with Crippen molar-refractivity contribution in [3.05, 3.63) is 18.2 Å². The van der Waals surface area contributed by atoms with Gasteiger partial charge in [0.2, 0.25) is 0 Å². The first kappa shape index (κ1) is 12.8. The van der Waals surface area contributed by atoms with Gasteiger partial charge in [-0.3, -0.25) is 0 Å². The summed E-state index contributed by atoms with van der Waals surface area (Å²) in [5.41, 5.74) is -0.0716. The molecule has 0 unspecified atom stereocenters. The van der Waals surface area contributed by atoms with Gasteiger partial charge in [-0.2, -0.15) is 0 Å². The van der Waals surface area contributed by atoms with E-state index in [9.17, 15) is 18.8 Å². The molecular formula is C8H10AsNO6. The molecule has 1 amide bonds. The van der Waals surface area contributed by atoms with E-state index in [4.69, 9.17) is 8.19 Å². The summed E-state index contributed by atoms with van der Waals surface area (Å²) in [6, 6.07) is 2.99. The molecule has 0 saturated carbocycles. The van der Waals surface area contributed by atoms with E-state index >= 15 is 0 Å². The van der Waals surface area contributed by atoms with Gasteiger partial charge < -0.3 is 0 Å². The van der Waals surface area contributed by atoms with Gasteiger partial charge in [0.1, 0.15) is 0 Å². The van der Waals surface area contributed by atoms with Gasteiger partial charge in [0.15, 0.2) is 0 Å². The molecule has 1 aromatic carbocycles. The molecule has 0 aliphatic heterocycles. The molecule has 4 N–H and O–H groups in total. The number of phenols is 1. The number of anilines is 1. The average molecular weight is 291 g/mol. The summed E-state index contributed by atoms with van der Waals surface area (Å²) in [6.07, 6.45) is 0. The van der Waals surface area contributed by atoms with Crippen LogP contribution in [0.25, 0.3) is 0 Å². The maximum absolute atomic E-state index is 10.9. The zero-order valence-corrected chi connectivity index (χ0v) is 10.1. The van der Waals surface area contributed by atoms with Gasteiger partial charge in [-0.15, -0.1) is 0 Å². The molecule has 0 aliphatic carbocycles. The Morgan fingerprint density at radius 1 is 1.38 bits per heavy atom. The van der Waals surface area contributed by atoms with Crippen LogP contribution in [0, 0.1) is 0 Å². The van der Waals surface area contributed by atoms with Crippen LogP contribution in [0.3, 0.4) is 0 Å². The minimum atomic E-state index is -5.18. The SMILES string of the molecule is CC(=O)N(O)c1ccc([As](=O)(O)O)c(O)c1.